The third kappa shape index (κ3) is 4.22. The zero-order chi connectivity index (χ0) is 14.4. The van der Waals surface area contributed by atoms with Gasteiger partial charge in [0.2, 0.25) is 0 Å². The lowest BCUT2D eigenvalue weighted by Crippen LogP contribution is -2.18. The number of halogens is 1. The standard InChI is InChI=1S/C16H19ClN2O/c1-3-18-12(2)16-8-7-15(10-19-16)20-11-13-5-4-6-14(17)9-13/h4-10,12,18H,3,11H2,1-2H3. The van der Waals surface area contributed by atoms with Crippen molar-refractivity contribution >= 4 is 11.6 Å². The molecule has 1 heterocycles. The smallest absolute Gasteiger partial charge is 0.138 e. The molecule has 1 atom stereocenters. The maximum absolute atomic E-state index is 5.94. The molecule has 2 rings (SSSR count). The summed E-state index contributed by atoms with van der Waals surface area (Å²) in [6, 6.07) is 11.8. The number of hydrogen-bond donors (Lipinski definition) is 1. The lowest BCUT2D eigenvalue weighted by molar-refractivity contribution is 0.304. The first kappa shape index (κ1) is 14.8. The third-order valence-corrected chi connectivity index (χ3v) is 3.24. The minimum atomic E-state index is 0.252. The fourth-order valence-corrected chi connectivity index (χ4v) is 2.15. The second-order valence-corrected chi connectivity index (χ2v) is 5.05. The Hall–Kier alpha value is -1.58. The highest BCUT2D eigenvalue weighted by atomic mass is 35.5. The van der Waals surface area contributed by atoms with E-state index in [2.05, 4.69) is 24.1 Å². The zero-order valence-electron chi connectivity index (χ0n) is 11.8. The Kier molecular flexibility index (Phi) is 5.39. The first-order valence-electron chi connectivity index (χ1n) is 6.75. The molecule has 0 bridgehead atoms. The van der Waals surface area contributed by atoms with E-state index >= 15 is 0 Å². The summed E-state index contributed by atoms with van der Waals surface area (Å²) in [6.07, 6.45) is 1.76. The molecule has 0 saturated heterocycles. The number of rotatable bonds is 6. The van der Waals surface area contributed by atoms with Crippen LogP contribution in [0.1, 0.15) is 31.1 Å². The minimum absolute atomic E-state index is 0.252. The summed E-state index contributed by atoms with van der Waals surface area (Å²) in [5.74, 6) is 0.762. The van der Waals surface area contributed by atoms with Gasteiger partial charge in [-0.2, -0.15) is 0 Å². The van der Waals surface area contributed by atoms with Gasteiger partial charge in [-0.1, -0.05) is 30.7 Å². The second-order valence-electron chi connectivity index (χ2n) is 4.62. The average molecular weight is 291 g/mol. The van der Waals surface area contributed by atoms with Crippen LogP contribution in [-0.2, 0) is 6.61 Å². The predicted octanol–water partition coefficient (Wildman–Crippen LogP) is 3.98. The van der Waals surface area contributed by atoms with Gasteiger partial charge in [-0.15, -0.1) is 0 Å². The normalized spacial score (nSPS) is 12.2. The quantitative estimate of drug-likeness (QED) is 0.873. The van der Waals surface area contributed by atoms with Crippen molar-refractivity contribution in [2.75, 3.05) is 6.54 Å². The van der Waals surface area contributed by atoms with E-state index in [9.17, 15) is 0 Å². The molecule has 1 aromatic carbocycles. The van der Waals surface area contributed by atoms with E-state index in [0.717, 1.165) is 28.6 Å². The first-order valence-corrected chi connectivity index (χ1v) is 7.13. The third-order valence-electron chi connectivity index (χ3n) is 3.01. The summed E-state index contributed by atoms with van der Waals surface area (Å²) in [7, 11) is 0. The summed E-state index contributed by atoms with van der Waals surface area (Å²) in [4.78, 5) is 4.41. The van der Waals surface area contributed by atoms with Crippen molar-refractivity contribution in [1.82, 2.24) is 10.3 Å². The van der Waals surface area contributed by atoms with Gasteiger partial charge >= 0.3 is 0 Å². The van der Waals surface area contributed by atoms with Crippen molar-refractivity contribution in [2.45, 2.75) is 26.5 Å². The molecule has 4 heteroatoms. The van der Waals surface area contributed by atoms with Gasteiger partial charge in [-0.05, 0) is 43.3 Å². The molecule has 1 unspecified atom stereocenters. The topological polar surface area (TPSA) is 34.1 Å². The minimum Gasteiger partial charge on any atom is -0.487 e. The lowest BCUT2D eigenvalue weighted by atomic mass is 10.2. The molecule has 3 nitrogen and oxygen atoms in total. The number of hydrogen-bond acceptors (Lipinski definition) is 3. The first-order chi connectivity index (χ1) is 9.69. The molecular weight excluding hydrogens is 272 g/mol. The number of pyridine rings is 1. The molecule has 0 aliphatic carbocycles. The molecule has 106 valence electrons. The number of nitrogens with zero attached hydrogens (tertiary/aromatic N) is 1. The Bertz CT molecular complexity index is 542. The molecule has 20 heavy (non-hydrogen) atoms. The van der Waals surface area contributed by atoms with Crippen LogP contribution in [0.25, 0.3) is 0 Å². The van der Waals surface area contributed by atoms with Crippen molar-refractivity contribution in [3.63, 3.8) is 0 Å². The van der Waals surface area contributed by atoms with Crippen LogP contribution < -0.4 is 10.1 Å². The number of nitrogens with one attached hydrogen (secondary N) is 1. The van der Waals surface area contributed by atoms with E-state index in [1.165, 1.54) is 0 Å². The fourth-order valence-electron chi connectivity index (χ4n) is 1.94. The van der Waals surface area contributed by atoms with Gasteiger partial charge in [-0.25, -0.2) is 0 Å². The van der Waals surface area contributed by atoms with Crippen LogP contribution in [0.4, 0.5) is 0 Å². The molecule has 0 spiro atoms. The van der Waals surface area contributed by atoms with Gasteiger partial charge in [0, 0.05) is 11.1 Å². The maximum atomic E-state index is 5.94. The van der Waals surface area contributed by atoms with Gasteiger partial charge in [0.05, 0.1) is 11.9 Å². The van der Waals surface area contributed by atoms with Crippen LogP contribution in [0.5, 0.6) is 5.75 Å². The second kappa shape index (κ2) is 7.27. The average Bonchev–Trinajstić information content (AvgIpc) is 2.46. The van der Waals surface area contributed by atoms with Crippen molar-refractivity contribution in [3.05, 3.63) is 58.9 Å². The van der Waals surface area contributed by atoms with E-state index in [4.69, 9.17) is 16.3 Å². The van der Waals surface area contributed by atoms with Crippen LogP contribution in [-0.4, -0.2) is 11.5 Å². The van der Waals surface area contributed by atoms with Gasteiger partial charge in [0.15, 0.2) is 0 Å². The monoisotopic (exact) mass is 290 g/mol. The highest BCUT2D eigenvalue weighted by molar-refractivity contribution is 6.30. The predicted molar refractivity (Wildman–Crippen MR) is 82.1 cm³/mol. The number of ether oxygens (including phenoxy) is 1. The molecule has 0 saturated carbocycles. The van der Waals surface area contributed by atoms with E-state index in [1.807, 2.05) is 36.4 Å². The maximum Gasteiger partial charge on any atom is 0.138 e. The molecule has 0 aliphatic heterocycles. The zero-order valence-corrected chi connectivity index (χ0v) is 12.5. The molecular formula is C16H19ClN2O. The lowest BCUT2D eigenvalue weighted by Gasteiger charge is -2.12. The van der Waals surface area contributed by atoms with E-state index in [1.54, 1.807) is 6.20 Å². The van der Waals surface area contributed by atoms with Crippen molar-refractivity contribution < 1.29 is 4.74 Å². The Morgan fingerprint density at radius 3 is 2.80 bits per heavy atom. The van der Waals surface area contributed by atoms with Gasteiger partial charge in [0.25, 0.3) is 0 Å². The highest BCUT2D eigenvalue weighted by Crippen LogP contribution is 2.17. The molecule has 0 amide bonds. The van der Waals surface area contributed by atoms with Crippen molar-refractivity contribution in [1.29, 1.82) is 0 Å². The van der Waals surface area contributed by atoms with E-state index in [-0.39, 0.29) is 6.04 Å². The Labute approximate surface area is 124 Å². The molecule has 2 aromatic rings. The molecule has 0 fully saturated rings. The number of aromatic nitrogens is 1. The Morgan fingerprint density at radius 2 is 2.15 bits per heavy atom. The number of benzene rings is 1. The fraction of sp³-hybridized carbons (Fsp3) is 0.312. The van der Waals surface area contributed by atoms with Crippen LogP contribution in [0, 0.1) is 0 Å². The van der Waals surface area contributed by atoms with Gasteiger partial charge in [0.1, 0.15) is 12.4 Å². The molecule has 1 aromatic heterocycles. The SMILES string of the molecule is CCNC(C)c1ccc(OCc2cccc(Cl)c2)cn1. The van der Waals surface area contributed by atoms with E-state index < -0.39 is 0 Å². The van der Waals surface area contributed by atoms with Crippen molar-refractivity contribution in [3.8, 4) is 5.75 Å². The van der Waals surface area contributed by atoms with Crippen molar-refractivity contribution in [2.24, 2.45) is 0 Å². The van der Waals surface area contributed by atoms with Gasteiger partial charge in [-0.3, -0.25) is 4.98 Å². The highest BCUT2D eigenvalue weighted by Gasteiger charge is 2.05. The summed E-state index contributed by atoms with van der Waals surface area (Å²) in [6.45, 7) is 5.59. The summed E-state index contributed by atoms with van der Waals surface area (Å²) < 4.78 is 5.70. The largest absolute Gasteiger partial charge is 0.487 e. The molecule has 0 radical (unpaired) electrons. The van der Waals surface area contributed by atoms with Gasteiger partial charge < -0.3 is 10.1 Å². The van der Waals surface area contributed by atoms with Crippen LogP contribution in [0.15, 0.2) is 42.6 Å². The Morgan fingerprint density at radius 1 is 1.30 bits per heavy atom. The molecule has 1 N–H and O–H groups in total. The van der Waals surface area contributed by atoms with Crippen LogP contribution in [0.3, 0.4) is 0 Å². The van der Waals surface area contributed by atoms with Crippen LogP contribution >= 0.6 is 11.6 Å². The summed E-state index contributed by atoms with van der Waals surface area (Å²) in [5, 5.41) is 4.05. The Balaban J connectivity index is 1.94. The van der Waals surface area contributed by atoms with Crippen LogP contribution in [0.2, 0.25) is 5.02 Å². The summed E-state index contributed by atoms with van der Waals surface area (Å²) >= 11 is 5.94. The molecule has 0 aliphatic rings. The van der Waals surface area contributed by atoms with E-state index in [0.29, 0.717) is 6.61 Å². The summed E-state index contributed by atoms with van der Waals surface area (Å²) in [5.41, 5.74) is 2.06.